The van der Waals surface area contributed by atoms with Crippen molar-refractivity contribution < 1.29 is 8.81 Å². The number of fused-ring (bicyclic) bond motifs is 2. The Balaban J connectivity index is 1.75. The van der Waals surface area contributed by atoms with Crippen molar-refractivity contribution in [1.29, 1.82) is 0 Å². The maximum absolute atomic E-state index is 13.2. The molecule has 104 valence electrons. The fourth-order valence-corrected chi connectivity index (χ4v) is 2.51. The number of benzene rings is 2. The summed E-state index contributed by atoms with van der Waals surface area (Å²) in [5, 5.41) is 0.857. The second-order valence-corrected chi connectivity index (χ2v) is 4.98. The van der Waals surface area contributed by atoms with Crippen LogP contribution in [0.1, 0.15) is 5.89 Å². The number of oxazole rings is 1. The number of anilines is 1. The van der Waals surface area contributed by atoms with E-state index in [1.54, 1.807) is 18.2 Å². The molecule has 0 spiro atoms. The number of aromatic nitrogens is 2. The number of rotatable bonds is 2. The highest BCUT2D eigenvalue weighted by atomic mass is 19.1. The molecule has 4 nitrogen and oxygen atoms in total. The Morgan fingerprint density at radius 3 is 2.95 bits per heavy atom. The number of hydrogen-bond acceptors (Lipinski definition) is 3. The zero-order valence-corrected chi connectivity index (χ0v) is 11.1. The highest BCUT2D eigenvalue weighted by Gasteiger charge is 2.09. The van der Waals surface area contributed by atoms with E-state index in [0.29, 0.717) is 23.7 Å². The first-order chi connectivity index (χ1) is 10.2. The second-order valence-electron chi connectivity index (χ2n) is 4.98. The van der Waals surface area contributed by atoms with Crippen LogP contribution in [0.2, 0.25) is 0 Å². The normalized spacial score (nSPS) is 11.5. The van der Waals surface area contributed by atoms with Gasteiger partial charge >= 0.3 is 0 Å². The maximum atomic E-state index is 13.2. The molecule has 0 aliphatic carbocycles. The molecule has 0 bridgehead atoms. The lowest BCUT2D eigenvalue weighted by molar-refractivity contribution is 0.513. The van der Waals surface area contributed by atoms with Gasteiger partial charge in [0.2, 0.25) is 5.89 Å². The van der Waals surface area contributed by atoms with Crippen LogP contribution in [-0.2, 0) is 6.54 Å². The van der Waals surface area contributed by atoms with Crippen LogP contribution in [0.25, 0.3) is 22.0 Å². The molecule has 2 aromatic carbocycles. The van der Waals surface area contributed by atoms with Crippen molar-refractivity contribution in [3.05, 3.63) is 60.4 Å². The third-order valence-corrected chi connectivity index (χ3v) is 3.49. The zero-order valence-electron chi connectivity index (χ0n) is 11.1. The van der Waals surface area contributed by atoms with Crippen molar-refractivity contribution >= 4 is 27.7 Å². The van der Waals surface area contributed by atoms with Gasteiger partial charge in [-0.2, -0.15) is 0 Å². The van der Waals surface area contributed by atoms with Crippen molar-refractivity contribution in [3.8, 4) is 0 Å². The Hall–Kier alpha value is -2.82. The molecule has 4 rings (SSSR count). The summed E-state index contributed by atoms with van der Waals surface area (Å²) >= 11 is 0. The zero-order chi connectivity index (χ0) is 14.4. The van der Waals surface area contributed by atoms with E-state index in [-0.39, 0.29) is 5.82 Å². The molecule has 21 heavy (non-hydrogen) atoms. The molecule has 0 atom stereocenters. The molecule has 0 amide bonds. The van der Waals surface area contributed by atoms with Crippen LogP contribution in [0, 0.1) is 5.82 Å². The summed E-state index contributed by atoms with van der Waals surface area (Å²) in [6, 6.07) is 12.0. The van der Waals surface area contributed by atoms with Gasteiger partial charge in [-0.15, -0.1) is 0 Å². The van der Waals surface area contributed by atoms with Gasteiger partial charge in [-0.3, -0.25) is 0 Å². The van der Waals surface area contributed by atoms with Crippen LogP contribution < -0.4 is 5.73 Å². The minimum Gasteiger partial charge on any atom is -0.439 e. The summed E-state index contributed by atoms with van der Waals surface area (Å²) in [7, 11) is 0. The Bertz CT molecular complexity index is 955. The van der Waals surface area contributed by atoms with Crippen LogP contribution in [0.15, 0.2) is 53.1 Å². The minimum atomic E-state index is -0.238. The summed E-state index contributed by atoms with van der Waals surface area (Å²) < 4.78 is 20.9. The molecule has 4 aromatic rings. The van der Waals surface area contributed by atoms with Gasteiger partial charge in [0.05, 0.1) is 6.54 Å². The van der Waals surface area contributed by atoms with Crippen molar-refractivity contribution in [2.45, 2.75) is 6.54 Å². The topological polar surface area (TPSA) is 57.0 Å². The van der Waals surface area contributed by atoms with E-state index in [1.807, 2.05) is 22.9 Å². The van der Waals surface area contributed by atoms with E-state index in [0.717, 1.165) is 16.4 Å². The van der Waals surface area contributed by atoms with E-state index in [2.05, 4.69) is 4.98 Å². The highest BCUT2D eigenvalue weighted by molar-refractivity contribution is 5.80. The smallest absolute Gasteiger partial charge is 0.215 e. The summed E-state index contributed by atoms with van der Waals surface area (Å²) in [6.45, 7) is 0.490. The molecule has 5 heteroatoms. The van der Waals surface area contributed by atoms with Gasteiger partial charge in [0.15, 0.2) is 5.58 Å². The van der Waals surface area contributed by atoms with Gasteiger partial charge in [-0.25, -0.2) is 9.37 Å². The number of hydrogen-bond donors (Lipinski definition) is 1. The Kier molecular flexibility index (Phi) is 2.47. The van der Waals surface area contributed by atoms with Crippen LogP contribution in [0.3, 0.4) is 0 Å². The van der Waals surface area contributed by atoms with Crippen molar-refractivity contribution in [2.75, 3.05) is 5.73 Å². The SMILES string of the molecule is Nc1ccc2oc(Cn3ccc4cc(F)ccc43)nc2c1. The maximum Gasteiger partial charge on any atom is 0.215 e. The Morgan fingerprint density at radius 2 is 2.05 bits per heavy atom. The lowest BCUT2D eigenvalue weighted by atomic mass is 10.2. The third-order valence-electron chi connectivity index (χ3n) is 3.49. The first-order valence-corrected chi connectivity index (χ1v) is 6.58. The second kappa shape index (κ2) is 4.34. The summed E-state index contributed by atoms with van der Waals surface area (Å²) in [5.41, 5.74) is 8.79. The molecular formula is C16H12FN3O. The van der Waals surface area contributed by atoms with E-state index >= 15 is 0 Å². The Morgan fingerprint density at radius 1 is 1.14 bits per heavy atom. The molecule has 0 unspecified atom stereocenters. The Labute approximate surface area is 119 Å². The van der Waals surface area contributed by atoms with Gasteiger partial charge in [-0.1, -0.05) is 0 Å². The number of halogens is 1. The fourth-order valence-electron chi connectivity index (χ4n) is 2.51. The van der Waals surface area contributed by atoms with Gasteiger partial charge in [0.1, 0.15) is 11.3 Å². The third kappa shape index (κ3) is 2.03. The van der Waals surface area contributed by atoms with Crippen LogP contribution in [0.4, 0.5) is 10.1 Å². The average molecular weight is 281 g/mol. The van der Waals surface area contributed by atoms with Crippen molar-refractivity contribution in [1.82, 2.24) is 9.55 Å². The largest absolute Gasteiger partial charge is 0.439 e. The molecule has 0 aliphatic rings. The van der Waals surface area contributed by atoms with Crippen molar-refractivity contribution in [2.24, 2.45) is 0 Å². The summed E-state index contributed by atoms with van der Waals surface area (Å²) in [4.78, 5) is 4.43. The van der Waals surface area contributed by atoms with Crippen LogP contribution in [-0.4, -0.2) is 9.55 Å². The quantitative estimate of drug-likeness (QED) is 0.572. The first kappa shape index (κ1) is 12.0. The van der Waals surface area contributed by atoms with Gasteiger partial charge in [0.25, 0.3) is 0 Å². The lowest BCUT2D eigenvalue weighted by Gasteiger charge is -2.01. The fraction of sp³-hybridized carbons (Fsp3) is 0.0625. The highest BCUT2D eigenvalue weighted by Crippen LogP contribution is 2.21. The molecule has 0 radical (unpaired) electrons. The minimum absolute atomic E-state index is 0.238. The number of nitrogen functional groups attached to an aromatic ring is 1. The molecule has 2 N–H and O–H groups in total. The van der Waals surface area contributed by atoms with Crippen molar-refractivity contribution in [3.63, 3.8) is 0 Å². The van der Waals surface area contributed by atoms with E-state index in [4.69, 9.17) is 10.2 Å². The number of nitrogens with zero attached hydrogens (tertiary/aromatic N) is 2. The average Bonchev–Trinajstić information content (AvgIpc) is 3.02. The number of nitrogens with two attached hydrogens (primary N) is 1. The monoisotopic (exact) mass is 281 g/mol. The molecular weight excluding hydrogens is 269 g/mol. The molecule has 0 fully saturated rings. The van der Waals surface area contributed by atoms with Gasteiger partial charge < -0.3 is 14.7 Å². The summed E-state index contributed by atoms with van der Waals surface area (Å²) in [6.07, 6.45) is 1.90. The summed E-state index contributed by atoms with van der Waals surface area (Å²) in [5.74, 6) is 0.356. The molecule has 2 heterocycles. The first-order valence-electron chi connectivity index (χ1n) is 6.58. The van der Waals surface area contributed by atoms with Crippen LogP contribution >= 0.6 is 0 Å². The van der Waals surface area contributed by atoms with Gasteiger partial charge in [0, 0.05) is 22.8 Å². The van der Waals surface area contributed by atoms with Gasteiger partial charge in [-0.05, 0) is 42.5 Å². The van der Waals surface area contributed by atoms with E-state index in [1.165, 1.54) is 12.1 Å². The van der Waals surface area contributed by atoms with E-state index in [9.17, 15) is 4.39 Å². The molecule has 2 aromatic heterocycles. The lowest BCUT2D eigenvalue weighted by Crippen LogP contribution is -1.97. The molecule has 0 saturated carbocycles. The van der Waals surface area contributed by atoms with E-state index < -0.39 is 0 Å². The standard InChI is InChI=1S/C16H12FN3O/c17-11-1-3-14-10(7-11)5-6-20(14)9-16-19-13-8-12(18)2-4-15(13)21-16/h1-8H,9,18H2. The predicted octanol–water partition coefficient (Wildman–Crippen LogP) is 3.55. The predicted molar refractivity (Wildman–Crippen MR) is 79.4 cm³/mol. The molecule has 0 aliphatic heterocycles. The van der Waals surface area contributed by atoms with Crippen LogP contribution in [0.5, 0.6) is 0 Å². The molecule has 0 saturated heterocycles.